The van der Waals surface area contributed by atoms with E-state index in [9.17, 15) is 4.79 Å². The van der Waals surface area contributed by atoms with Crippen LogP contribution in [0.4, 0.5) is 0 Å². The van der Waals surface area contributed by atoms with Crippen molar-refractivity contribution in [1.29, 1.82) is 0 Å². The molecule has 0 aliphatic heterocycles. The second-order valence-electron chi connectivity index (χ2n) is 4.26. The number of fused-ring (bicyclic) bond motifs is 1. The fourth-order valence-corrected chi connectivity index (χ4v) is 3.06. The molecule has 2 aromatic rings. The van der Waals surface area contributed by atoms with Gasteiger partial charge in [-0.1, -0.05) is 11.6 Å². The predicted octanol–water partition coefficient (Wildman–Crippen LogP) is 3.49. The van der Waals surface area contributed by atoms with Gasteiger partial charge < -0.3 is 4.90 Å². The van der Waals surface area contributed by atoms with Crippen molar-refractivity contribution in [3.05, 3.63) is 33.7 Å². The van der Waals surface area contributed by atoms with Crippen molar-refractivity contribution in [2.75, 3.05) is 14.1 Å². The van der Waals surface area contributed by atoms with Crippen LogP contribution in [0.3, 0.4) is 0 Å². The fourth-order valence-electron chi connectivity index (χ4n) is 1.71. The van der Waals surface area contributed by atoms with Crippen molar-refractivity contribution in [2.24, 2.45) is 0 Å². The molecule has 2 rings (SSSR count). The van der Waals surface area contributed by atoms with E-state index in [2.05, 4.69) is 0 Å². The van der Waals surface area contributed by atoms with E-state index >= 15 is 0 Å². The Morgan fingerprint density at radius 3 is 2.76 bits per heavy atom. The number of amides is 1. The highest BCUT2D eigenvalue weighted by Gasteiger charge is 2.13. The average molecular weight is 268 g/mol. The lowest BCUT2D eigenvalue weighted by molar-refractivity contribution is -0.127. The molecule has 1 aromatic heterocycles. The van der Waals surface area contributed by atoms with Gasteiger partial charge in [0.2, 0.25) is 5.91 Å². The molecule has 0 aliphatic carbocycles. The fraction of sp³-hybridized carbons (Fsp3) is 0.308. The Bertz CT molecular complexity index is 574. The molecule has 90 valence electrons. The highest BCUT2D eigenvalue weighted by molar-refractivity contribution is 7.19. The molecule has 0 saturated carbocycles. The lowest BCUT2D eigenvalue weighted by Crippen LogP contribution is -2.23. The van der Waals surface area contributed by atoms with Crippen LogP contribution in [0, 0.1) is 6.92 Å². The molecule has 0 atom stereocenters. The van der Waals surface area contributed by atoms with E-state index < -0.39 is 0 Å². The van der Waals surface area contributed by atoms with Crippen molar-refractivity contribution in [2.45, 2.75) is 13.3 Å². The standard InChI is InChI=1S/C13H14ClNOS/c1-8-10-6-9(14)4-5-11(10)17-12(8)7-13(16)15(2)3/h4-6H,7H2,1-3H3. The molecule has 0 radical (unpaired) electrons. The molecule has 0 bridgehead atoms. The summed E-state index contributed by atoms with van der Waals surface area (Å²) in [5.74, 6) is 0.130. The van der Waals surface area contributed by atoms with Crippen molar-refractivity contribution in [3.8, 4) is 0 Å². The molecule has 0 spiro atoms. The van der Waals surface area contributed by atoms with Crippen LogP contribution in [0.15, 0.2) is 18.2 Å². The molecule has 2 nitrogen and oxygen atoms in total. The van der Waals surface area contributed by atoms with Crippen LogP contribution in [-0.2, 0) is 11.2 Å². The van der Waals surface area contributed by atoms with Crippen LogP contribution in [0.2, 0.25) is 5.02 Å². The molecule has 1 aromatic carbocycles. The number of rotatable bonds is 2. The zero-order chi connectivity index (χ0) is 12.6. The normalized spacial score (nSPS) is 10.8. The number of hydrogen-bond donors (Lipinski definition) is 0. The van der Waals surface area contributed by atoms with E-state index in [4.69, 9.17) is 11.6 Å². The summed E-state index contributed by atoms with van der Waals surface area (Å²) < 4.78 is 1.19. The van der Waals surface area contributed by atoms with Gasteiger partial charge in [0, 0.05) is 28.7 Å². The van der Waals surface area contributed by atoms with Crippen molar-refractivity contribution in [1.82, 2.24) is 4.90 Å². The van der Waals surface area contributed by atoms with Crippen LogP contribution in [0.5, 0.6) is 0 Å². The van der Waals surface area contributed by atoms with Crippen molar-refractivity contribution in [3.63, 3.8) is 0 Å². The Kier molecular flexibility index (Phi) is 3.40. The smallest absolute Gasteiger partial charge is 0.227 e. The third-order valence-electron chi connectivity index (χ3n) is 2.81. The van der Waals surface area contributed by atoms with Crippen molar-refractivity contribution < 1.29 is 4.79 Å². The van der Waals surface area contributed by atoms with Gasteiger partial charge in [-0.3, -0.25) is 4.79 Å². The van der Waals surface area contributed by atoms with Gasteiger partial charge in [0.25, 0.3) is 0 Å². The maximum atomic E-state index is 11.7. The van der Waals surface area contributed by atoms with Gasteiger partial charge >= 0.3 is 0 Å². The number of halogens is 1. The molecule has 0 aliphatic rings. The SMILES string of the molecule is Cc1c(CC(=O)N(C)C)sc2ccc(Cl)cc12. The zero-order valence-corrected chi connectivity index (χ0v) is 11.7. The van der Waals surface area contributed by atoms with Crippen LogP contribution in [0.25, 0.3) is 10.1 Å². The first-order valence-electron chi connectivity index (χ1n) is 5.36. The van der Waals surface area contributed by atoms with Gasteiger partial charge in [-0.25, -0.2) is 0 Å². The van der Waals surface area contributed by atoms with E-state index in [1.54, 1.807) is 30.3 Å². The first-order chi connectivity index (χ1) is 7.99. The molecular weight excluding hydrogens is 254 g/mol. The van der Waals surface area contributed by atoms with E-state index in [-0.39, 0.29) is 5.91 Å². The summed E-state index contributed by atoms with van der Waals surface area (Å²) >= 11 is 7.66. The summed E-state index contributed by atoms with van der Waals surface area (Å²) in [5.41, 5.74) is 1.17. The lowest BCUT2D eigenvalue weighted by atomic mass is 10.1. The topological polar surface area (TPSA) is 20.3 Å². The molecule has 0 N–H and O–H groups in total. The summed E-state index contributed by atoms with van der Waals surface area (Å²) in [6.07, 6.45) is 0.468. The minimum Gasteiger partial charge on any atom is -0.349 e. The molecule has 1 amide bonds. The second-order valence-corrected chi connectivity index (χ2v) is 5.83. The van der Waals surface area contributed by atoms with E-state index in [1.807, 2.05) is 25.1 Å². The Hall–Kier alpha value is -1.06. The monoisotopic (exact) mass is 267 g/mol. The largest absolute Gasteiger partial charge is 0.349 e. The summed E-state index contributed by atoms with van der Waals surface area (Å²) in [5, 5.41) is 1.90. The number of aryl methyl sites for hydroxylation is 1. The van der Waals surface area contributed by atoms with E-state index in [1.165, 1.54) is 10.3 Å². The number of thiophene rings is 1. The summed E-state index contributed by atoms with van der Waals surface area (Å²) in [4.78, 5) is 14.5. The number of hydrogen-bond acceptors (Lipinski definition) is 2. The quantitative estimate of drug-likeness (QED) is 0.816. The summed E-state index contributed by atoms with van der Waals surface area (Å²) in [6, 6.07) is 5.86. The van der Waals surface area contributed by atoms with Crippen LogP contribution < -0.4 is 0 Å². The highest BCUT2D eigenvalue weighted by Crippen LogP contribution is 2.33. The third-order valence-corrected chi connectivity index (χ3v) is 4.32. The number of carbonyl (C=O) groups excluding carboxylic acids is 1. The Morgan fingerprint density at radius 2 is 2.12 bits per heavy atom. The van der Waals surface area contributed by atoms with Gasteiger partial charge in [-0.05, 0) is 36.1 Å². The van der Waals surface area contributed by atoms with E-state index in [0.29, 0.717) is 6.42 Å². The minimum absolute atomic E-state index is 0.130. The molecular formula is C13H14ClNOS. The second kappa shape index (κ2) is 4.67. The lowest BCUT2D eigenvalue weighted by Gasteiger charge is -2.09. The van der Waals surface area contributed by atoms with E-state index in [0.717, 1.165) is 15.3 Å². The molecule has 0 fully saturated rings. The number of likely N-dealkylation sites (N-methyl/N-ethyl adjacent to an activating group) is 1. The number of benzene rings is 1. The summed E-state index contributed by atoms with van der Waals surface area (Å²) in [6.45, 7) is 2.05. The highest BCUT2D eigenvalue weighted by atomic mass is 35.5. The minimum atomic E-state index is 0.130. The Morgan fingerprint density at radius 1 is 1.41 bits per heavy atom. The summed E-state index contributed by atoms with van der Waals surface area (Å²) in [7, 11) is 3.56. The average Bonchev–Trinajstić information content (AvgIpc) is 2.56. The van der Waals surface area contributed by atoms with Crippen LogP contribution in [-0.4, -0.2) is 24.9 Å². The Balaban J connectivity index is 2.42. The van der Waals surface area contributed by atoms with Crippen LogP contribution in [0.1, 0.15) is 10.4 Å². The van der Waals surface area contributed by atoms with Gasteiger partial charge in [-0.2, -0.15) is 0 Å². The number of carbonyl (C=O) groups is 1. The van der Waals surface area contributed by atoms with Gasteiger partial charge in [0.15, 0.2) is 0 Å². The first kappa shape index (κ1) is 12.4. The maximum Gasteiger partial charge on any atom is 0.227 e. The molecule has 0 saturated heterocycles. The first-order valence-corrected chi connectivity index (χ1v) is 6.56. The molecule has 17 heavy (non-hydrogen) atoms. The predicted molar refractivity (Wildman–Crippen MR) is 74.0 cm³/mol. The maximum absolute atomic E-state index is 11.7. The van der Waals surface area contributed by atoms with Gasteiger partial charge in [0.05, 0.1) is 6.42 Å². The molecule has 1 heterocycles. The third kappa shape index (κ3) is 2.45. The van der Waals surface area contributed by atoms with Gasteiger partial charge in [0.1, 0.15) is 0 Å². The van der Waals surface area contributed by atoms with Crippen molar-refractivity contribution >= 4 is 38.9 Å². The molecule has 4 heteroatoms. The zero-order valence-electron chi connectivity index (χ0n) is 10.1. The van der Waals surface area contributed by atoms with Crippen LogP contribution >= 0.6 is 22.9 Å². The molecule has 0 unspecified atom stereocenters. The number of nitrogens with zero attached hydrogens (tertiary/aromatic N) is 1. The van der Waals surface area contributed by atoms with Gasteiger partial charge in [-0.15, -0.1) is 11.3 Å². The Labute approximate surface area is 110 Å².